The van der Waals surface area contributed by atoms with Gasteiger partial charge in [0.1, 0.15) is 0 Å². The van der Waals surface area contributed by atoms with E-state index in [0.29, 0.717) is 12.3 Å². The van der Waals surface area contributed by atoms with Gasteiger partial charge in [-0.2, -0.15) is 0 Å². The van der Waals surface area contributed by atoms with Gasteiger partial charge in [-0.05, 0) is 18.8 Å². The summed E-state index contributed by atoms with van der Waals surface area (Å²) in [5.74, 6) is -0.629. The summed E-state index contributed by atoms with van der Waals surface area (Å²) in [5.41, 5.74) is 0. The van der Waals surface area contributed by atoms with Crippen molar-refractivity contribution >= 4 is 11.9 Å². The summed E-state index contributed by atoms with van der Waals surface area (Å²) in [5, 5.41) is 11.1. The summed E-state index contributed by atoms with van der Waals surface area (Å²) in [6.45, 7) is 0.0391. The fourth-order valence-electron chi connectivity index (χ4n) is 1.13. The van der Waals surface area contributed by atoms with Crippen molar-refractivity contribution in [3.63, 3.8) is 0 Å². The molecule has 1 aliphatic rings. The molecule has 0 radical (unpaired) electrons. The molecule has 1 saturated carbocycles. The van der Waals surface area contributed by atoms with Gasteiger partial charge < -0.3 is 15.2 Å². The molecular formula is C9H15NO4. The van der Waals surface area contributed by atoms with Crippen LogP contribution in [0.1, 0.15) is 19.3 Å². The van der Waals surface area contributed by atoms with E-state index in [1.54, 1.807) is 0 Å². The third-order valence-corrected chi connectivity index (χ3v) is 2.22. The van der Waals surface area contributed by atoms with Crippen molar-refractivity contribution in [1.82, 2.24) is 5.32 Å². The standard InChI is InChI=1S/C9H15NO4/c1-14-7(9(12)13)5-10-8(11)4-6-2-3-6/h6-7H,2-5H2,1H3,(H,10,11)(H,12,13). The molecule has 2 N–H and O–H groups in total. The third-order valence-electron chi connectivity index (χ3n) is 2.22. The second kappa shape index (κ2) is 4.95. The Morgan fingerprint density at radius 2 is 2.21 bits per heavy atom. The molecule has 1 unspecified atom stereocenters. The largest absolute Gasteiger partial charge is 0.479 e. The lowest BCUT2D eigenvalue weighted by molar-refractivity contribution is -0.148. The molecule has 14 heavy (non-hydrogen) atoms. The fourth-order valence-corrected chi connectivity index (χ4v) is 1.13. The van der Waals surface area contributed by atoms with Crippen molar-refractivity contribution < 1.29 is 19.4 Å². The Bertz CT molecular complexity index is 225. The van der Waals surface area contributed by atoms with E-state index in [1.165, 1.54) is 7.11 Å². The van der Waals surface area contributed by atoms with E-state index in [0.717, 1.165) is 12.8 Å². The van der Waals surface area contributed by atoms with Gasteiger partial charge in [0.15, 0.2) is 6.10 Å². The lowest BCUT2D eigenvalue weighted by Crippen LogP contribution is -2.37. The van der Waals surface area contributed by atoms with Crippen LogP contribution in [0.4, 0.5) is 0 Å². The summed E-state index contributed by atoms with van der Waals surface area (Å²) >= 11 is 0. The van der Waals surface area contributed by atoms with Crippen LogP contribution in [0.5, 0.6) is 0 Å². The predicted octanol–water partition coefficient (Wildman–Crippen LogP) is 0.00230. The molecule has 0 aromatic heterocycles. The smallest absolute Gasteiger partial charge is 0.334 e. The van der Waals surface area contributed by atoms with E-state index in [9.17, 15) is 9.59 Å². The Morgan fingerprint density at radius 1 is 1.57 bits per heavy atom. The summed E-state index contributed by atoms with van der Waals surface area (Å²) in [6, 6.07) is 0. The molecular weight excluding hydrogens is 186 g/mol. The van der Waals surface area contributed by atoms with Crippen LogP contribution in [0, 0.1) is 5.92 Å². The number of ether oxygens (including phenoxy) is 1. The predicted molar refractivity (Wildman–Crippen MR) is 48.8 cm³/mol. The molecule has 1 aliphatic carbocycles. The Hall–Kier alpha value is -1.10. The SMILES string of the molecule is COC(CNC(=O)CC1CC1)C(=O)O. The minimum absolute atomic E-state index is 0.0391. The molecule has 0 aromatic carbocycles. The topological polar surface area (TPSA) is 75.6 Å². The molecule has 0 aliphatic heterocycles. The van der Waals surface area contributed by atoms with Crippen LogP contribution in [-0.2, 0) is 14.3 Å². The van der Waals surface area contributed by atoms with Gasteiger partial charge in [-0.1, -0.05) is 0 Å². The lowest BCUT2D eigenvalue weighted by atomic mass is 10.2. The monoisotopic (exact) mass is 201 g/mol. The van der Waals surface area contributed by atoms with Gasteiger partial charge in [0.05, 0.1) is 6.54 Å². The van der Waals surface area contributed by atoms with E-state index in [1.807, 2.05) is 0 Å². The molecule has 1 rings (SSSR count). The molecule has 0 saturated heterocycles. The zero-order valence-corrected chi connectivity index (χ0v) is 8.16. The highest BCUT2D eigenvalue weighted by molar-refractivity contribution is 5.78. The maximum Gasteiger partial charge on any atom is 0.334 e. The number of carboxylic acids is 1. The van der Waals surface area contributed by atoms with Crippen LogP contribution in [0.15, 0.2) is 0 Å². The molecule has 0 spiro atoms. The summed E-state index contributed by atoms with van der Waals surface area (Å²) in [7, 11) is 1.31. The number of methoxy groups -OCH3 is 1. The normalized spacial score (nSPS) is 17.5. The summed E-state index contributed by atoms with van der Waals surface area (Å²) in [4.78, 5) is 21.7. The van der Waals surface area contributed by atoms with Crippen molar-refractivity contribution in [1.29, 1.82) is 0 Å². The average molecular weight is 201 g/mol. The first kappa shape index (κ1) is 11.0. The maximum absolute atomic E-state index is 11.2. The van der Waals surface area contributed by atoms with E-state index < -0.39 is 12.1 Å². The van der Waals surface area contributed by atoms with Crippen LogP contribution < -0.4 is 5.32 Å². The fraction of sp³-hybridized carbons (Fsp3) is 0.778. The molecule has 1 amide bonds. The zero-order valence-electron chi connectivity index (χ0n) is 8.16. The molecule has 0 aromatic rings. The Kier molecular flexibility index (Phi) is 3.88. The number of nitrogens with one attached hydrogen (secondary N) is 1. The number of carbonyl (C=O) groups excluding carboxylic acids is 1. The van der Waals surface area contributed by atoms with Crippen molar-refractivity contribution in [3.8, 4) is 0 Å². The highest BCUT2D eigenvalue weighted by Crippen LogP contribution is 2.31. The molecule has 5 heteroatoms. The van der Waals surface area contributed by atoms with E-state index >= 15 is 0 Å². The van der Waals surface area contributed by atoms with Gasteiger partial charge in [0.2, 0.25) is 5.91 Å². The van der Waals surface area contributed by atoms with E-state index in [2.05, 4.69) is 10.1 Å². The van der Waals surface area contributed by atoms with Crippen molar-refractivity contribution in [3.05, 3.63) is 0 Å². The van der Waals surface area contributed by atoms with Crippen molar-refractivity contribution in [2.24, 2.45) is 5.92 Å². The van der Waals surface area contributed by atoms with Crippen LogP contribution in [-0.4, -0.2) is 36.7 Å². The first-order chi connectivity index (χ1) is 6.63. The van der Waals surface area contributed by atoms with Crippen LogP contribution in [0.3, 0.4) is 0 Å². The molecule has 1 atom stereocenters. The second-order valence-electron chi connectivity index (χ2n) is 3.51. The van der Waals surface area contributed by atoms with Gasteiger partial charge in [-0.25, -0.2) is 4.79 Å². The highest BCUT2D eigenvalue weighted by Gasteiger charge is 2.25. The zero-order chi connectivity index (χ0) is 10.6. The first-order valence-electron chi connectivity index (χ1n) is 4.65. The van der Waals surface area contributed by atoms with Crippen molar-refractivity contribution in [2.75, 3.05) is 13.7 Å². The summed E-state index contributed by atoms with van der Waals surface area (Å²) < 4.78 is 4.67. The van der Waals surface area contributed by atoms with Gasteiger partial charge in [-0.15, -0.1) is 0 Å². The maximum atomic E-state index is 11.2. The number of hydrogen-bond acceptors (Lipinski definition) is 3. The third kappa shape index (κ3) is 3.74. The Balaban J connectivity index is 2.16. The second-order valence-corrected chi connectivity index (χ2v) is 3.51. The minimum Gasteiger partial charge on any atom is -0.479 e. The van der Waals surface area contributed by atoms with Gasteiger partial charge in [0.25, 0.3) is 0 Å². The van der Waals surface area contributed by atoms with E-state index in [4.69, 9.17) is 5.11 Å². The minimum atomic E-state index is -1.06. The molecule has 0 heterocycles. The number of aliphatic carboxylic acids is 1. The van der Waals surface area contributed by atoms with Crippen LogP contribution in [0.25, 0.3) is 0 Å². The number of carboxylic acid groups (broad SMARTS) is 1. The Labute approximate surface area is 82.4 Å². The number of carbonyl (C=O) groups is 2. The number of amides is 1. The van der Waals surface area contributed by atoms with Gasteiger partial charge in [0, 0.05) is 13.5 Å². The highest BCUT2D eigenvalue weighted by atomic mass is 16.5. The van der Waals surface area contributed by atoms with Crippen LogP contribution in [0.2, 0.25) is 0 Å². The van der Waals surface area contributed by atoms with Crippen LogP contribution >= 0.6 is 0 Å². The first-order valence-corrected chi connectivity index (χ1v) is 4.65. The van der Waals surface area contributed by atoms with Gasteiger partial charge >= 0.3 is 5.97 Å². The van der Waals surface area contributed by atoms with Gasteiger partial charge in [-0.3, -0.25) is 4.79 Å². The molecule has 80 valence electrons. The van der Waals surface area contributed by atoms with E-state index in [-0.39, 0.29) is 12.5 Å². The Morgan fingerprint density at radius 3 is 2.64 bits per heavy atom. The molecule has 5 nitrogen and oxygen atoms in total. The molecule has 1 fully saturated rings. The lowest BCUT2D eigenvalue weighted by Gasteiger charge is -2.11. The van der Waals surface area contributed by atoms with Crippen molar-refractivity contribution in [2.45, 2.75) is 25.4 Å². The quantitative estimate of drug-likeness (QED) is 0.634. The number of hydrogen-bond donors (Lipinski definition) is 2. The summed E-state index contributed by atoms with van der Waals surface area (Å²) in [6.07, 6.45) is 1.79. The number of rotatable bonds is 6. The average Bonchev–Trinajstić information content (AvgIpc) is 2.88. The molecule has 0 bridgehead atoms.